The molecule has 0 spiro atoms. The van der Waals surface area contributed by atoms with Gasteiger partial charge in [0.05, 0.1) is 16.5 Å². The molecule has 0 radical (unpaired) electrons. The first kappa shape index (κ1) is 18.4. The predicted octanol–water partition coefficient (Wildman–Crippen LogP) is 3.32. The van der Waals surface area contributed by atoms with Gasteiger partial charge in [0, 0.05) is 17.2 Å². The molecule has 0 bridgehead atoms. The number of aldehydes is 1. The maximum Gasteiger partial charge on any atom is 0.270 e. The van der Waals surface area contributed by atoms with Crippen molar-refractivity contribution in [2.45, 2.75) is 13.0 Å². The van der Waals surface area contributed by atoms with Gasteiger partial charge < -0.3 is 10.1 Å². The fourth-order valence-electron chi connectivity index (χ4n) is 2.13. The SMILES string of the molecule is C[C@H](NC(=O)COc1ccc([N+](=O)[O-])cc1C=O)c1ccc(Cl)cc1. The number of nitrogens with zero attached hydrogens (tertiary/aromatic N) is 1. The highest BCUT2D eigenvalue weighted by atomic mass is 35.5. The number of ether oxygens (including phenoxy) is 1. The number of carbonyl (C=O) groups is 2. The van der Waals surface area contributed by atoms with Gasteiger partial charge in [-0.25, -0.2) is 0 Å². The Morgan fingerprint density at radius 3 is 2.60 bits per heavy atom. The van der Waals surface area contributed by atoms with E-state index < -0.39 is 10.8 Å². The van der Waals surface area contributed by atoms with Crippen LogP contribution in [0.3, 0.4) is 0 Å². The van der Waals surface area contributed by atoms with Crippen LogP contribution in [0, 0.1) is 10.1 Å². The van der Waals surface area contributed by atoms with Crippen LogP contribution in [-0.4, -0.2) is 23.7 Å². The van der Waals surface area contributed by atoms with Crippen molar-refractivity contribution in [2.75, 3.05) is 6.61 Å². The van der Waals surface area contributed by atoms with Gasteiger partial charge in [0.1, 0.15) is 5.75 Å². The second kappa shape index (κ2) is 8.25. The highest BCUT2D eigenvalue weighted by molar-refractivity contribution is 6.30. The summed E-state index contributed by atoms with van der Waals surface area (Å²) < 4.78 is 5.29. The van der Waals surface area contributed by atoms with Crippen LogP contribution in [0.4, 0.5) is 5.69 Å². The summed E-state index contributed by atoms with van der Waals surface area (Å²) in [6, 6.07) is 10.4. The molecule has 2 aromatic rings. The topological polar surface area (TPSA) is 98.5 Å². The summed E-state index contributed by atoms with van der Waals surface area (Å²) in [7, 11) is 0. The monoisotopic (exact) mass is 362 g/mol. The van der Waals surface area contributed by atoms with Gasteiger partial charge in [-0.1, -0.05) is 23.7 Å². The Morgan fingerprint density at radius 1 is 1.32 bits per heavy atom. The molecule has 1 N–H and O–H groups in total. The van der Waals surface area contributed by atoms with Gasteiger partial charge in [-0.2, -0.15) is 0 Å². The molecule has 0 saturated carbocycles. The Kier molecular flexibility index (Phi) is 6.08. The number of halogens is 1. The highest BCUT2D eigenvalue weighted by Crippen LogP contribution is 2.23. The number of benzene rings is 2. The molecule has 0 aliphatic carbocycles. The van der Waals surface area contributed by atoms with Gasteiger partial charge >= 0.3 is 0 Å². The minimum Gasteiger partial charge on any atom is -0.483 e. The largest absolute Gasteiger partial charge is 0.483 e. The number of nitro groups is 1. The van der Waals surface area contributed by atoms with Gasteiger partial charge in [-0.15, -0.1) is 0 Å². The summed E-state index contributed by atoms with van der Waals surface area (Å²) in [4.78, 5) is 33.1. The van der Waals surface area contributed by atoms with Gasteiger partial charge in [-0.05, 0) is 30.7 Å². The van der Waals surface area contributed by atoms with Crippen molar-refractivity contribution in [1.29, 1.82) is 0 Å². The van der Waals surface area contributed by atoms with Crippen molar-refractivity contribution < 1.29 is 19.2 Å². The first-order valence-electron chi connectivity index (χ1n) is 7.32. The number of amides is 1. The van der Waals surface area contributed by atoms with Crippen molar-refractivity contribution in [3.63, 3.8) is 0 Å². The fraction of sp³-hybridized carbons (Fsp3) is 0.176. The van der Waals surface area contributed by atoms with Crippen LogP contribution in [-0.2, 0) is 4.79 Å². The molecule has 0 aromatic heterocycles. The molecule has 1 amide bonds. The third-order valence-electron chi connectivity index (χ3n) is 3.44. The lowest BCUT2D eigenvalue weighted by Gasteiger charge is -2.15. The molecular formula is C17H15ClN2O5. The molecule has 1 atom stereocenters. The van der Waals surface area contributed by atoms with Crippen molar-refractivity contribution in [3.05, 3.63) is 68.7 Å². The van der Waals surface area contributed by atoms with Crippen molar-refractivity contribution in [2.24, 2.45) is 0 Å². The molecule has 2 rings (SSSR count). The molecule has 0 aliphatic rings. The van der Waals surface area contributed by atoms with Crippen LogP contribution in [0.5, 0.6) is 5.75 Å². The maximum atomic E-state index is 12.0. The molecule has 7 nitrogen and oxygen atoms in total. The van der Waals surface area contributed by atoms with Gasteiger partial charge in [0.2, 0.25) is 0 Å². The van der Waals surface area contributed by atoms with Gasteiger partial charge in [0.15, 0.2) is 12.9 Å². The van der Waals surface area contributed by atoms with Crippen LogP contribution in [0.15, 0.2) is 42.5 Å². The normalized spacial score (nSPS) is 11.4. The number of nitro benzene ring substituents is 1. The van der Waals surface area contributed by atoms with E-state index in [1.165, 1.54) is 12.1 Å². The zero-order chi connectivity index (χ0) is 18.4. The molecule has 0 aliphatic heterocycles. The van der Waals surface area contributed by atoms with Crippen molar-refractivity contribution in [1.82, 2.24) is 5.32 Å². The Labute approximate surface area is 148 Å². The average Bonchev–Trinajstić information content (AvgIpc) is 2.60. The number of nitrogens with one attached hydrogen (secondary N) is 1. The van der Waals surface area contributed by atoms with Crippen LogP contribution in [0.2, 0.25) is 5.02 Å². The zero-order valence-electron chi connectivity index (χ0n) is 13.3. The van der Waals surface area contributed by atoms with E-state index in [1.807, 2.05) is 6.92 Å². The second-order valence-electron chi connectivity index (χ2n) is 5.23. The summed E-state index contributed by atoms with van der Waals surface area (Å²) in [5, 5.41) is 14.1. The molecule has 2 aromatic carbocycles. The summed E-state index contributed by atoms with van der Waals surface area (Å²) >= 11 is 5.82. The number of non-ortho nitro benzene ring substituents is 1. The lowest BCUT2D eigenvalue weighted by atomic mass is 10.1. The van der Waals surface area contributed by atoms with E-state index in [9.17, 15) is 19.7 Å². The fourth-order valence-corrected chi connectivity index (χ4v) is 2.26. The van der Waals surface area contributed by atoms with E-state index in [2.05, 4.69) is 5.32 Å². The third-order valence-corrected chi connectivity index (χ3v) is 3.69. The predicted molar refractivity (Wildman–Crippen MR) is 92.0 cm³/mol. The van der Waals surface area contributed by atoms with Crippen LogP contribution >= 0.6 is 11.6 Å². The zero-order valence-corrected chi connectivity index (χ0v) is 14.0. The lowest BCUT2D eigenvalue weighted by molar-refractivity contribution is -0.384. The Hall–Kier alpha value is -2.93. The molecule has 0 heterocycles. The summed E-state index contributed by atoms with van der Waals surface area (Å²) in [6.45, 7) is 1.49. The molecule has 0 unspecified atom stereocenters. The Bertz CT molecular complexity index is 792. The standard InChI is InChI=1S/C17H15ClN2O5/c1-11(12-2-4-14(18)5-3-12)19-17(22)10-25-16-7-6-15(20(23)24)8-13(16)9-21/h2-9,11H,10H2,1H3,(H,19,22)/t11-/m0/s1. The minimum atomic E-state index is -0.614. The molecule has 25 heavy (non-hydrogen) atoms. The Morgan fingerprint density at radius 2 is 2.00 bits per heavy atom. The first-order valence-corrected chi connectivity index (χ1v) is 7.69. The average molecular weight is 363 g/mol. The van der Waals surface area contributed by atoms with Gasteiger partial charge in [0.25, 0.3) is 11.6 Å². The lowest BCUT2D eigenvalue weighted by Crippen LogP contribution is -2.31. The quantitative estimate of drug-likeness (QED) is 0.463. The number of carbonyl (C=O) groups excluding carboxylic acids is 2. The summed E-state index contributed by atoms with van der Waals surface area (Å²) in [5.41, 5.74) is 0.657. The van der Waals surface area contributed by atoms with E-state index in [0.717, 1.165) is 11.6 Å². The van der Waals surface area contributed by atoms with Crippen molar-refractivity contribution in [3.8, 4) is 5.75 Å². The van der Waals surface area contributed by atoms with E-state index in [1.54, 1.807) is 24.3 Å². The van der Waals surface area contributed by atoms with Crippen LogP contribution < -0.4 is 10.1 Å². The molecule has 8 heteroatoms. The third kappa shape index (κ3) is 5.02. The van der Waals surface area contributed by atoms with E-state index >= 15 is 0 Å². The molecule has 0 saturated heterocycles. The highest BCUT2D eigenvalue weighted by Gasteiger charge is 2.14. The number of hydrogen-bond acceptors (Lipinski definition) is 5. The molecular weight excluding hydrogens is 348 g/mol. The first-order chi connectivity index (χ1) is 11.9. The second-order valence-corrected chi connectivity index (χ2v) is 5.66. The van der Waals surface area contributed by atoms with Crippen LogP contribution in [0.1, 0.15) is 28.9 Å². The minimum absolute atomic E-state index is 0.00718. The van der Waals surface area contributed by atoms with Crippen LogP contribution in [0.25, 0.3) is 0 Å². The number of hydrogen-bond donors (Lipinski definition) is 1. The van der Waals surface area contributed by atoms with E-state index in [0.29, 0.717) is 11.3 Å². The van der Waals surface area contributed by atoms with E-state index in [-0.39, 0.29) is 29.6 Å². The smallest absolute Gasteiger partial charge is 0.270 e. The molecule has 130 valence electrons. The van der Waals surface area contributed by atoms with Gasteiger partial charge in [-0.3, -0.25) is 19.7 Å². The molecule has 0 fully saturated rings. The number of rotatable bonds is 7. The maximum absolute atomic E-state index is 12.0. The van der Waals surface area contributed by atoms with E-state index in [4.69, 9.17) is 16.3 Å². The van der Waals surface area contributed by atoms with Crippen molar-refractivity contribution >= 4 is 29.5 Å². The summed E-state index contributed by atoms with van der Waals surface area (Å²) in [5.74, 6) is -0.285. The Balaban J connectivity index is 1.96. The summed E-state index contributed by atoms with van der Waals surface area (Å²) in [6.07, 6.45) is 0.441.